The largest absolute Gasteiger partial charge is 0.481 e. The lowest BCUT2D eigenvalue weighted by atomic mass is 10.2. The van der Waals surface area contributed by atoms with Gasteiger partial charge in [-0.15, -0.1) is 0 Å². The normalized spacial score (nSPS) is 10.4. The molecule has 0 saturated heterocycles. The Labute approximate surface area is 83.7 Å². The van der Waals surface area contributed by atoms with Crippen LogP contribution in [0.5, 0.6) is 0 Å². The average Bonchev–Trinajstić information content (AvgIpc) is 2.45. The van der Waals surface area contributed by atoms with E-state index >= 15 is 0 Å². The van der Waals surface area contributed by atoms with E-state index in [4.69, 9.17) is 9.52 Å². The topological polar surface area (TPSA) is 50.4 Å². The third-order valence-corrected chi connectivity index (χ3v) is 2.13. The number of rotatable bonds is 5. The molecule has 0 aliphatic rings. The maximum absolute atomic E-state index is 10.3. The van der Waals surface area contributed by atoms with Gasteiger partial charge in [0.1, 0.15) is 11.5 Å². The third-order valence-electron chi connectivity index (χ3n) is 2.13. The van der Waals surface area contributed by atoms with Crippen LogP contribution in [0, 0.1) is 6.92 Å². The summed E-state index contributed by atoms with van der Waals surface area (Å²) in [5.41, 5.74) is 1.13. The Morgan fingerprint density at radius 1 is 1.50 bits per heavy atom. The van der Waals surface area contributed by atoms with E-state index in [1.807, 2.05) is 13.0 Å². The zero-order valence-electron chi connectivity index (χ0n) is 8.67. The molecule has 3 heteroatoms. The predicted octanol–water partition coefficient (Wildman–Crippen LogP) is 2.56. The first-order chi connectivity index (χ1) is 6.63. The van der Waals surface area contributed by atoms with Gasteiger partial charge in [-0.3, -0.25) is 4.79 Å². The van der Waals surface area contributed by atoms with E-state index in [1.165, 1.54) is 0 Å². The molecule has 3 nitrogen and oxygen atoms in total. The molecule has 0 fully saturated rings. The zero-order valence-corrected chi connectivity index (χ0v) is 8.67. The monoisotopic (exact) mass is 196 g/mol. The average molecular weight is 196 g/mol. The maximum atomic E-state index is 10.3. The van der Waals surface area contributed by atoms with E-state index in [1.54, 1.807) is 0 Å². The van der Waals surface area contributed by atoms with Crippen molar-refractivity contribution >= 4 is 5.97 Å². The van der Waals surface area contributed by atoms with Crippen LogP contribution >= 0.6 is 0 Å². The van der Waals surface area contributed by atoms with Gasteiger partial charge in [-0.1, -0.05) is 6.92 Å². The zero-order chi connectivity index (χ0) is 10.6. The summed E-state index contributed by atoms with van der Waals surface area (Å²) in [7, 11) is 0. The number of carboxylic acids is 1. The summed E-state index contributed by atoms with van der Waals surface area (Å²) >= 11 is 0. The highest BCUT2D eigenvalue weighted by Gasteiger charge is 2.07. The Balaban J connectivity index is 2.61. The summed E-state index contributed by atoms with van der Waals surface area (Å²) in [5.74, 6) is 0.998. The molecule has 1 aromatic rings. The van der Waals surface area contributed by atoms with Gasteiger partial charge in [-0.05, 0) is 25.0 Å². The van der Waals surface area contributed by atoms with Gasteiger partial charge in [0, 0.05) is 12.8 Å². The summed E-state index contributed by atoms with van der Waals surface area (Å²) < 4.78 is 5.54. The molecule has 0 saturated carbocycles. The number of furan rings is 1. The minimum absolute atomic E-state index is 0.137. The minimum Gasteiger partial charge on any atom is -0.481 e. The van der Waals surface area contributed by atoms with Crippen molar-refractivity contribution in [2.24, 2.45) is 0 Å². The molecule has 14 heavy (non-hydrogen) atoms. The Kier molecular flexibility index (Phi) is 3.74. The lowest BCUT2D eigenvalue weighted by Crippen LogP contribution is -1.96. The quantitative estimate of drug-likeness (QED) is 0.787. The summed E-state index contributed by atoms with van der Waals surface area (Å²) in [4.78, 5) is 10.3. The van der Waals surface area contributed by atoms with Crippen molar-refractivity contribution < 1.29 is 14.3 Å². The van der Waals surface area contributed by atoms with Crippen molar-refractivity contribution in [1.82, 2.24) is 0 Å². The van der Waals surface area contributed by atoms with Crippen molar-refractivity contribution in [2.45, 2.75) is 39.5 Å². The second-order valence-electron chi connectivity index (χ2n) is 3.46. The predicted molar refractivity (Wildman–Crippen MR) is 53.4 cm³/mol. The van der Waals surface area contributed by atoms with Crippen LogP contribution in [0.25, 0.3) is 0 Å². The molecule has 0 aromatic carbocycles. The van der Waals surface area contributed by atoms with Gasteiger partial charge in [-0.25, -0.2) is 0 Å². The highest BCUT2D eigenvalue weighted by Crippen LogP contribution is 2.17. The second kappa shape index (κ2) is 4.84. The molecule has 1 heterocycles. The van der Waals surface area contributed by atoms with Crippen molar-refractivity contribution in [3.8, 4) is 0 Å². The molecule has 0 unspecified atom stereocenters. The Morgan fingerprint density at radius 3 is 2.79 bits per heavy atom. The van der Waals surface area contributed by atoms with E-state index in [2.05, 4.69) is 6.92 Å². The van der Waals surface area contributed by atoms with Crippen LogP contribution in [0.15, 0.2) is 10.5 Å². The molecule has 78 valence electrons. The van der Waals surface area contributed by atoms with Gasteiger partial charge in [0.15, 0.2) is 0 Å². The highest BCUT2D eigenvalue weighted by atomic mass is 16.4. The van der Waals surface area contributed by atoms with Crippen LogP contribution in [0.4, 0.5) is 0 Å². The molecule has 0 radical (unpaired) electrons. The van der Waals surface area contributed by atoms with Gasteiger partial charge >= 0.3 is 5.97 Å². The Bertz CT molecular complexity index is 312. The van der Waals surface area contributed by atoms with Gasteiger partial charge in [0.05, 0.1) is 6.42 Å². The molecule has 0 aliphatic heterocycles. The van der Waals surface area contributed by atoms with Gasteiger partial charge in [-0.2, -0.15) is 0 Å². The number of hydrogen-bond acceptors (Lipinski definition) is 2. The van der Waals surface area contributed by atoms with Crippen LogP contribution in [0.3, 0.4) is 0 Å². The van der Waals surface area contributed by atoms with Crippen LogP contribution in [0.2, 0.25) is 0 Å². The van der Waals surface area contributed by atoms with Crippen molar-refractivity contribution in [3.63, 3.8) is 0 Å². The van der Waals surface area contributed by atoms with Crippen LogP contribution in [0.1, 0.15) is 36.8 Å². The van der Waals surface area contributed by atoms with Crippen molar-refractivity contribution in [2.75, 3.05) is 0 Å². The molecule has 0 bridgehead atoms. The smallest absolute Gasteiger partial charge is 0.303 e. The second-order valence-corrected chi connectivity index (χ2v) is 3.46. The van der Waals surface area contributed by atoms with Crippen molar-refractivity contribution in [1.29, 1.82) is 0 Å². The molecule has 0 spiro atoms. The molecule has 1 rings (SSSR count). The number of carboxylic acid groups (broad SMARTS) is 1. The van der Waals surface area contributed by atoms with E-state index < -0.39 is 5.97 Å². The molecule has 1 N–H and O–H groups in total. The molecule has 0 atom stereocenters. The summed E-state index contributed by atoms with van der Waals surface area (Å²) in [6.07, 6.45) is 2.60. The minimum atomic E-state index is -0.781. The fourth-order valence-corrected chi connectivity index (χ4v) is 1.42. The lowest BCUT2D eigenvalue weighted by Gasteiger charge is -1.94. The van der Waals surface area contributed by atoms with Crippen LogP contribution < -0.4 is 0 Å². The fraction of sp³-hybridized carbons (Fsp3) is 0.545. The van der Waals surface area contributed by atoms with Gasteiger partial charge in [0.2, 0.25) is 0 Å². The van der Waals surface area contributed by atoms with Gasteiger partial charge < -0.3 is 9.52 Å². The maximum Gasteiger partial charge on any atom is 0.303 e. The lowest BCUT2D eigenvalue weighted by molar-refractivity contribution is -0.137. The van der Waals surface area contributed by atoms with Gasteiger partial charge in [0.25, 0.3) is 0 Å². The molecule has 0 amide bonds. The first-order valence-electron chi connectivity index (χ1n) is 4.93. The fourth-order valence-electron chi connectivity index (χ4n) is 1.42. The Hall–Kier alpha value is -1.25. The van der Waals surface area contributed by atoms with E-state index in [0.717, 1.165) is 29.9 Å². The number of aryl methyl sites for hydroxylation is 3. The summed E-state index contributed by atoms with van der Waals surface area (Å²) in [6.45, 7) is 4.09. The van der Waals surface area contributed by atoms with Crippen LogP contribution in [-0.4, -0.2) is 11.1 Å². The van der Waals surface area contributed by atoms with Crippen LogP contribution in [-0.2, 0) is 17.6 Å². The number of aliphatic carboxylic acids is 1. The summed E-state index contributed by atoms with van der Waals surface area (Å²) in [5, 5.41) is 8.51. The highest BCUT2D eigenvalue weighted by molar-refractivity contribution is 5.66. The van der Waals surface area contributed by atoms with E-state index in [9.17, 15) is 4.79 Å². The van der Waals surface area contributed by atoms with Crippen molar-refractivity contribution in [3.05, 3.63) is 23.2 Å². The first kappa shape index (κ1) is 10.8. The molecular formula is C11H16O3. The van der Waals surface area contributed by atoms with E-state index in [0.29, 0.717) is 6.42 Å². The molecule has 1 aromatic heterocycles. The SMILES string of the molecule is CCCc1oc(CCC(=O)O)cc1C. The summed E-state index contributed by atoms with van der Waals surface area (Å²) in [6, 6.07) is 1.94. The molecular weight excluding hydrogens is 180 g/mol. The third kappa shape index (κ3) is 2.91. The standard InChI is InChI=1S/C11H16O3/c1-3-4-10-8(2)7-9(14-10)5-6-11(12)13/h7H,3-6H2,1-2H3,(H,12,13). The Morgan fingerprint density at radius 2 is 2.21 bits per heavy atom. The number of carbonyl (C=O) groups is 1. The first-order valence-corrected chi connectivity index (χ1v) is 4.93. The number of hydrogen-bond donors (Lipinski definition) is 1. The van der Waals surface area contributed by atoms with E-state index in [-0.39, 0.29) is 6.42 Å². The molecule has 0 aliphatic carbocycles.